The minimum Gasteiger partial charge on any atom is -0.497 e. The highest BCUT2D eigenvalue weighted by molar-refractivity contribution is 5.89. The van der Waals surface area contributed by atoms with Crippen molar-refractivity contribution in [2.45, 2.75) is 6.10 Å². The van der Waals surface area contributed by atoms with Crippen molar-refractivity contribution in [3.63, 3.8) is 0 Å². The van der Waals surface area contributed by atoms with Crippen LogP contribution in [-0.4, -0.2) is 18.1 Å². The molecule has 0 amide bonds. The SMILES string of the molecule is COc1ccc(C(=O)OC(c2cccc(F)c2)c2ccccn2)cc1. The number of aromatic nitrogens is 1. The van der Waals surface area contributed by atoms with Crippen LogP contribution in [0.25, 0.3) is 0 Å². The Bertz CT molecular complexity index is 850. The van der Waals surface area contributed by atoms with Gasteiger partial charge in [-0.3, -0.25) is 4.98 Å². The topological polar surface area (TPSA) is 48.4 Å². The first kappa shape index (κ1) is 16.6. The zero-order valence-corrected chi connectivity index (χ0v) is 13.6. The lowest BCUT2D eigenvalue weighted by atomic mass is 10.1. The number of hydrogen-bond donors (Lipinski definition) is 0. The second-order valence-corrected chi connectivity index (χ2v) is 5.32. The summed E-state index contributed by atoms with van der Waals surface area (Å²) in [6.07, 6.45) is 0.801. The summed E-state index contributed by atoms with van der Waals surface area (Å²) in [6.45, 7) is 0. The molecule has 1 heterocycles. The number of benzene rings is 2. The first-order valence-electron chi connectivity index (χ1n) is 7.69. The molecule has 5 heteroatoms. The minimum absolute atomic E-state index is 0.373. The average molecular weight is 337 g/mol. The van der Waals surface area contributed by atoms with E-state index in [9.17, 15) is 9.18 Å². The molecule has 126 valence electrons. The minimum atomic E-state index is -0.800. The maximum absolute atomic E-state index is 13.6. The molecule has 1 unspecified atom stereocenters. The van der Waals surface area contributed by atoms with E-state index in [-0.39, 0.29) is 0 Å². The van der Waals surface area contributed by atoms with Gasteiger partial charge in [-0.05, 0) is 48.5 Å². The van der Waals surface area contributed by atoms with Crippen LogP contribution in [0.15, 0.2) is 72.9 Å². The molecule has 3 rings (SSSR count). The van der Waals surface area contributed by atoms with Gasteiger partial charge in [0.2, 0.25) is 0 Å². The Hall–Kier alpha value is -3.21. The number of nitrogens with zero attached hydrogens (tertiary/aromatic N) is 1. The standard InChI is InChI=1S/C20H16FNO3/c1-24-17-10-8-14(9-11-17)20(23)25-19(18-7-2-3-12-22-18)15-5-4-6-16(21)13-15/h2-13,19H,1H3. The van der Waals surface area contributed by atoms with E-state index in [1.165, 1.54) is 12.1 Å². The largest absolute Gasteiger partial charge is 0.497 e. The number of methoxy groups -OCH3 is 1. The second-order valence-electron chi connectivity index (χ2n) is 5.32. The number of hydrogen-bond acceptors (Lipinski definition) is 4. The van der Waals surface area contributed by atoms with Crippen molar-refractivity contribution in [1.29, 1.82) is 0 Å². The van der Waals surface area contributed by atoms with Crippen molar-refractivity contribution >= 4 is 5.97 Å². The smallest absolute Gasteiger partial charge is 0.339 e. The molecule has 0 bridgehead atoms. The van der Waals surface area contributed by atoms with Gasteiger partial charge in [-0.1, -0.05) is 18.2 Å². The van der Waals surface area contributed by atoms with Crippen molar-refractivity contribution in [2.75, 3.05) is 7.11 Å². The van der Waals surface area contributed by atoms with Gasteiger partial charge in [-0.15, -0.1) is 0 Å². The Morgan fingerprint density at radius 2 is 1.84 bits per heavy atom. The molecule has 0 aliphatic heterocycles. The highest BCUT2D eigenvalue weighted by atomic mass is 19.1. The molecule has 0 fully saturated rings. The summed E-state index contributed by atoms with van der Waals surface area (Å²) in [4.78, 5) is 16.7. The number of rotatable bonds is 5. The first-order valence-corrected chi connectivity index (χ1v) is 7.69. The fourth-order valence-electron chi connectivity index (χ4n) is 2.40. The lowest BCUT2D eigenvalue weighted by Crippen LogP contribution is -2.14. The Balaban J connectivity index is 1.90. The molecule has 4 nitrogen and oxygen atoms in total. The van der Waals surface area contributed by atoms with Gasteiger partial charge in [0.25, 0.3) is 0 Å². The first-order chi connectivity index (χ1) is 12.2. The third-order valence-corrected chi connectivity index (χ3v) is 3.66. The molecule has 0 aliphatic rings. The molecule has 1 aromatic heterocycles. The van der Waals surface area contributed by atoms with Crippen LogP contribution in [0.5, 0.6) is 5.75 Å². The number of carbonyl (C=O) groups excluding carboxylic acids is 1. The molecule has 25 heavy (non-hydrogen) atoms. The molecule has 0 radical (unpaired) electrons. The normalized spacial score (nSPS) is 11.6. The summed E-state index contributed by atoms with van der Waals surface area (Å²) in [5.74, 6) is -0.288. The quantitative estimate of drug-likeness (QED) is 0.656. The maximum atomic E-state index is 13.6. The summed E-state index contributed by atoms with van der Waals surface area (Å²) in [7, 11) is 1.55. The van der Waals surface area contributed by atoms with Crippen LogP contribution in [0, 0.1) is 5.82 Å². The predicted molar refractivity (Wildman–Crippen MR) is 90.9 cm³/mol. The van der Waals surface area contributed by atoms with Gasteiger partial charge in [-0.25, -0.2) is 9.18 Å². The molecule has 3 aromatic rings. The van der Waals surface area contributed by atoms with E-state index in [1.807, 2.05) is 0 Å². The number of halogens is 1. The van der Waals surface area contributed by atoms with Gasteiger partial charge in [0.15, 0.2) is 6.10 Å². The predicted octanol–water partition coefficient (Wildman–Crippen LogP) is 4.18. The summed E-state index contributed by atoms with van der Waals surface area (Å²) >= 11 is 0. The zero-order chi connectivity index (χ0) is 17.6. The Morgan fingerprint density at radius 1 is 1.04 bits per heavy atom. The molecule has 0 N–H and O–H groups in total. The summed E-state index contributed by atoms with van der Waals surface area (Å²) in [6, 6.07) is 17.8. The monoisotopic (exact) mass is 337 g/mol. The number of esters is 1. The van der Waals surface area contributed by atoms with Gasteiger partial charge in [0, 0.05) is 11.8 Å². The Kier molecular flexibility index (Phi) is 5.04. The van der Waals surface area contributed by atoms with Crippen molar-refractivity contribution in [3.8, 4) is 5.75 Å². The maximum Gasteiger partial charge on any atom is 0.339 e. The van der Waals surface area contributed by atoms with E-state index in [0.717, 1.165) is 0 Å². The van der Waals surface area contributed by atoms with Crippen LogP contribution >= 0.6 is 0 Å². The highest BCUT2D eigenvalue weighted by Gasteiger charge is 2.21. The van der Waals surface area contributed by atoms with E-state index in [2.05, 4.69) is 4.98 Å². The van der Waals surface area contributed by atoms with Gasteiger partial charge in [0.1, 0.15) is 11.6 Å². The fourth-order valence-corrected chi connectivity index (χ4v) is 2.40. The lowest BCUT2D eigenvalue weighted by molar-refractivity contribution is 0.0370. The van der Waals surface area contributed by atoms with Gasteiger partial charge >= 0.3 is 5.97 Å². The molecular formula is C20H16FNO3. The summed E-state index contributed by atoms with van der Waals surface area (Å²) in [5, 5.41) is 0. The molecule has 0 spiro atoms. The average Bonchev–Trinajstić information content (AvgIpc) is 2.66. The van der Waals surface area contributed by atoms with Gasteiger partial charge in [0.05, 0.1) is 18.4 Å². The fraction of sp³-hybridized carbons (Fsp3) is 0.100. The van der Waals surface area contributed by atoms with Crippen LogP contribution in [-0.2, 0) is 4.74 Å². The summed E-state index contributed by atoms with van der Waals surface area (Å²) in [5.41, 5.74) is 1.41. The zero-order valence-electron chi connectivity index (χ0n) is 13.6. The molecule has 1 atom stereocenters. The Morgan fingerprint density at radius 3 is 2.48 bits per heavy atom. The van der Waals surface area contributed by atoms with E-state index >= 15 is 0 Å². The van der Waals surface area contributed by atoms with E-state index in [4.69, 9.17) is 9.47 Å². The molecular weight excluding hydrogens is 321 g/mol. The van der Waals surface area contributed by atoms with E-state index in [0.29, 0.717) is 22.6 Å². The van der Waals surface area contributed by atoms with E-state index in [1.54, 1.807) is 67.9 Å². The number of ether oxygens (including phenoxy) is 2. The van der Waals surface area contributed by atoms with Crippen LogP contribution in [0.3, 0.4) is 0 Å². The van der Waals surface area contributed by atoms with Crippen molar-refractivity contribution in [2.24, 2.45) is 0 Å². The van der Waals surface area contributed by atoms with E-state index < -0.39 is 17.9 Å². The number of pyridine rings is 1. The van der Waals surface area contributed by atoms with Gasteiger partial charge < -0.3 is 9.47 Å². The summed E-state index contributed by atoms with van der Waals surface area (Å²) < 4.78 is 24.3. The van der Waals surface area contributed by atoms with Crippen LogP contribution in [0.2, 0.25) is 0 Å². The lowest BCUT2D eigenvalue weighted by Gasteiger charge is -2.18. The molecule has 0 saturated carbocycles. The molecule has 2 aromatic carbocycles. The third-order valence-electron chi connectivity index (χ3n) is 3.66. The van der Waals surface area contributed by atoms with Crippen molar-refractivity contribution in [3.05, 3.63) is 95.6 Å². The molecule has 0 aliphatic carbocycles. The number of carbonyl (C=O) groups is 1. The van der Waals surface area contributed by atoms with Crippen LogP contribution < -0.4 is 4.74 Å². The van der Waals surface area contributed by atoms with Crippen LogP contribution in [0.1, 0.15) is 27.7 Å². The highest BCUT2D eigenvalue weighted by Crippen LogP contribution is 2.26. The van der Waals surface area contributed by atoms with Crippen LogP contribution in [0.4, 0.5) is 4.39 Å². The second kappa shape index (κ2) is 7.57. The van der Waals surface area contributed by atoms with Gasteiger partial charge in [-0.2, -0.15) is 0 Å². The Labute approximate surface area is 144 Å². The third kappa shape index (κ3) is 4.01. The van der Waals surface area contributed by atoms with Crippen molar-refractivity contribution in [1.82, 2.24) is 4.98 Å². The molecule has 0 saturated heterocycles. The van der Waals surface area contributed by atoms with Crippen molar-refractivity contribution < 1.29 is 18.7 Å².